The number of carbonyl (C=O) groups is 1. The van der Waals surface area contributed by atoms with Crippen LogP contribution < -0.4 is 0 Å². The molecule has 8 heteroatoms. The molecule has 0 spiro atoms. The van der Waals surface area contributed by atoms with E-state index < -0.39 is 0 Å². The van der Waals surface area contributed by atoms with Gasteiger partial charge in [0.25, 0.3) is 5.91 Å². The van der Waals surface area contributed by atoms with Crippen LogP contribution in [0.4, 0.5) is 0 Å². The van der Waals surface area contributed by atoms with Gasteiger partial charge in [0.15, 0.2) is 0 Å². The summed E-state index contributed by atoms with van der Waals surface area (Å²) in [7, 11) is 0. The fraction of sp³-hybridized carbons (Fsp3) is 0.227. The molecule has 1 aromatic carbocycles. The van der Waals surface area contributed by atoms with Crippen LogP contribution in [0.3, 0.4) is 0 Å². The minimum absolute atomic E-state index is 0.146. The summed E-state index contributed by atoms with van der Waals surface area (Å²) in [6, 6.07) is 14.8. The average molecular weight is 401 g/mol. The van der Waals surface area contributed by atoms with Gasteiger partial charge >= 0.3 is 0 Å². The number of pyridine rings is 1. The van der Waals surface area contributed by atoms with Crippen molar-refractivity contribution in [2.24, 2.45) is 0 Å². The maximum atomic E-state index is 13.5. The Balaban J connectivity index is 1.46. The van der Waals surface area contributed by atoms with Crippen LogP contribution in [0.25, 0.3) is 22.8 Å². The van der Waals surface area contributed by atoms with E-state index in [1.807, 2.05) is 48.5 Å². The molecule has 150 valence electrons. The van der Waals surface area contributed by atoms with Gasteiger partial charge in [-0.05, 0) is 31.9 Å². The van der Waals surface area contributed by atoms with Crippen molar-refractivity contribution in [2.75, 3.05) is 6.54 Å². The van der Waals surface area contributed by atoms with Crippen molar-refractivity contribution < 1.29 is 13.8 Å². The fourth-order valence-electron chi connectivity index (χ4n) is 3.80. The number of aromatic nitrogens is 4. The highest BCUT2D eigenvalue weighted by Gasteiger charge is 2.37. The first-order valence-electron chi connectivity index (χ1n) is 9.80. The van der Waals surface area contributed by atoms with Crippen LogP contribution in [0, 0.1) is 6.92 Å². The first-order chi connectivity index (χ1) is 14.7. The molecule has 8 nitrogen and oxygen atoms in total. The van der Waals surface area contributed by atoms with Crippen molar-refractivity contribution in [1.29, 1.82) is 0 Å². The zero-order valence-corrected chi connectivity index (χ0v) is 16.4. The minimum Gasteiger partial charge on any atom is -0.360 e. The van der Waals surface area contributed by atoms with E-state index in [-0.39, 0.29) is 11.9 Å². The summed E-state index contributed by atoms with van der Waals surface area (Å²) in [5.74, 6) is 1.17. The Labute approximate surface area is 172 Å². The Morgan fingerprint density at radius 3 is 2.70 bits per heavy atom. The third-order valence-electron chi connectivity index (χ3n) is 5.26. The predicted octanol–water partition coefficient (Wildman–Crippen LogP) is 4.07. The molecule has 0 aliphatic carbocycles. The quantitative estimate of drug-likeness (QED) is 0.508. The smallest absolute Gasteiger partial charge is 0.260 e. The number of hydrogen-bond donors (Lipinski definition) is 0. The molecular weight excluding hydrogens is 382 g/mol. The Hall–Kier alpha value is -3.81. The van der Waals surface area contributed by atoms with E-state index in [1.165, 1.54) is 0 Å². The zero-order valence-electron chi connectivity index (χ0n) is 16.4. The molecule has 0 saturated carbocycles. The molecule has 0 N–H and O–H groups in total. The van der Waals surface area contributed by atoms with Crippen molar-refractivity contribution in [3.05, 3.63) is 71.9 Å². The lowest BCUT2D eigenvalue weighted by Crippen LogP contribution is -2.31. The number of amides is 1. The molecule has 0 bridgehead atoms. The first kappa shape index (κ1) is 18.2. The lowest BCUT2D eigenvalue weighted by molar-refractivity contribution is 0.0709. The van der Waals surface area contributed by atoms with Crippen LogP contribution in [-0.4, -0.2) is 37.6 Å². The molecule has 1 saturated heterocycles. The van der Waals surface area contributed by atoms with Gasteiger partial charge in [-0.15, -0.1) is 0 Å². The Kier molecular flexibility index (Phi) is 4.59. The monoisotopic (exact) mass is 401 g/mol. The largest absolute Gasteiger partial charge is 0.360 e. The number of rotatable bonds is 4. The summed E-state index contributed by atoms with van der Waals surface area (Å²) in [6.45, 7) is 2.35. The van der Waals surface area contributed by atoms with Crippen LogP contribution in [0.5, 0.6) is 0 Å². The van der Waals surface area contributed by atoms with E-state index in [4.69, 9.17) is 9.05 Å². The van der Waals surface area contributed by atoms with Gasteiger partial charge in [0.05, 0.1) is 0 Å². The van der Waals surface area contributed by atoms with E-state index in [9.17, 15) is 4.79 Å². The second-order valence-electron chi connectivity index (χ2n) is 7.16. The Bertz CT molecular complexity index is 1170. The van der Waals surface area contributed by atoms with Gasteiger partial charge in [0.1, 0.15) is 28.8 Å². The van der Waals surface area contributed by atoms with Crippen LogP contribution in [0.1, 0.15) is 40.9 Å². The summed E-state index contributed by atoms with van der Waals surface area (Å²) in [4.78, 5) is 24.0. The highest BCUT2D eigenvalue weighted by molar-refractivity contribution is 6.01. The van der Waals surface area contributed by atoms with E-state index >= 15 is 0 Å². The molecule has 1 amide bonds. The number of benzene rings is 1. The number of nitrogens with zero attached hydrogens (tertiary/aromatic N) is 5. The summed E-state index contributed by atoms with van der Waals surface area (Å²) in [6.07, 6.45) is 3.28. The molecule has 1 atom stereocenters. The molecule has 0 unspecified atom stereocenters. The van der Waals surface area contributed by atoms with Gasteiger partial charge < -0.3 is 13.9 Å². The Morgan fingerprint density at radius 2 is 1.90 bits per heavy atom. The average Bonchev–Trinajstić information content (AvgIpc) is 3.53. The van der Waals surface area contributed by atoms with Crippen molar-refractivity contribution in [3.63, 3.8) is 0 Å². The molecule has 0 radical (unpaired) electrons. The number of aryl methyl sites for hydroxylation is 1. The van der Waals surface area contributed by atoms with Crippen molar-refractivity contribution in [2.45, 2.75) is 25.8 Å². The van der Waals surface area contributed by atoms with Crippen molar-refractivity contribution in [3.8, 4) is 22.8 Å². The predicted molar refractivity (Wildman–Crippen MR) is 107 cm³/mol. The zero-order chi connectivity index (χ0) is 20.5. The Morgan fingerprint density at radius 1 is 1.07 bits per heavy atom. The summed E-state index contributed by atoms with van der Waals surface area (Å²) in [5.41, 5.74) is 2.48. The van der Waals surface area contributed by atoms with E-state index in [1.54, 1.807) is 18.0 Å². The summed E-state index contributed by atoms with van der Waals surface area (Å²) >= 11 is 0. The van der Waals surface area contributed by atoms with E-state index in [2.05, 4.69) is 20.3 Å². The topological polar surface area (TPSA) is 98.2 Å². The third kappa shape index (κ3) is 3.16. The molecule has 4 heterocycles. The third-order valence-corrected chi connectivity index (χ3v) is 5.26. The van der Waals surface area contributed by atoms with Crippen molar-refractivity contribution >= 4 is 5.91 Å². The lowest BCUT2D eigenvalue weighted by atomic mass is 10.0. The minimum atomic E-state index is -0.291. The molecule has 1 fully saturated rings. The highest BCUT2D eigenvalue weighted by atomic mass is 16.5. The second-order valence-corrected chi connectivity index (χ2v) is 7.16. The van der Waals surface area contributed by atoms with Crippen LogP contribution in [0.2, 0.25) is 0 Å². The van der Waals surface area contributed by atoms with Gasteiger partial charge in [-0.2, -0.15) is 4.98 Å². The number of carbonyl (C=O) groups excluding carboxylic acids is 1. The molecule has 30 heavy (non-hydrogen) atoms. The molecule has 4 aromatic rings. The van der Waals surface area contributed by atoms with Gasteiger partial charge in [-0.1, -0.05) is 46.7 Å². The van der Waals surface area contributed by atoms with Gasteiger partial charge in [0, 0.05) is 18.3 Å². The van der Waals surface area contributed by atoms with Gasteiger partial charge in [0.2, 0.25) is 11.7 Å². The number of hydrogen-bond acceptors (Lipinski definition) is 7. The van der Waals surface area contributed by atoms with Crippen LogP contribution in [-0.2, 0) is 0 Å². The second kappa shape index (κ2) is 7.55. The SMILES string of the molecule is Cc1onc(-c2ccccc2)c1C(=O)N1CCC[C@H]1c1nc(-c2ccccn2)no1. The lowest BCUT2D eigenvalue weighted by Gasteiger charge is -2.21. The molecular formula is C22H19N5O3. The molecule has 5 rings (SSSR count). The maximum absolute atomic E-state index is 13.5. The van der Waals surface area contributed by atoms with Crippen molar-refractivity contribution in [1.82, 2.24) is 25.2 Å². The first-order valence-corrected chi connectivity index (χ1v) is 9.80. The maximum Gasteiger partial charge on any atom is 0.260 e. The molecule has 1 aliphatic rings. The number of likely N-dealkylation sites (tertiary alicyclic amines) is 1. The van der Waals surface area contributed by atoms with E-state index in [0.717, 1.165) is 18.4 Å². The standard InChI is InChI=1S/C22H19N5O3/c1-14-18(19(25-29-14)15-8-3-2-4-9-15)22(28)27-13-7-11-17(27)21-24-20(26-30-21)16-10-5-6-12-23-16/h2-6,8-10,12,17H,7,11,13H2,1H3/t17-/m0/s1. The fourth-order valence-corrected chi connectivity index (χ4v) is 3.80. The van der Waals surface area contributed by atoms with Crippen LogP contribution in [0.15, 0.2) is 63.8 Å². The van der Waals surface area contributed by atoms with Gasteiger partial charge in [-0.25, -0.2) is 0 Å². The highest BCUT2D eigenvalue weighted by Crippen LogP contribution is 2.35. The normalized spacial score (nSPS) is 16.2. The summed E-state index contributed by atoms with van der Waals surface area (Å²) < 4.78 is 10.9. The van der Waals surface area contributed by atoms with Crippen LogP contribution >= 0.6 is 0 Å². The van der Waals surface area contributed by atoms with Gasteiger partial charge in [-0.3, -0.25) is 9.78 Å². The molecule has 3 aromatic heterocycles. The molecule has 1 aliphatic heterocycles. The summed E-state index contributed by atoms with van der Waals surface area (Å²) in [5, 5.41) is 8.19. The van der Waals surface area contributed by atoms with E-state index in [0.29, 0.717) is 41.0 Å².